The number of rotatable bonds is 5. The number of hydrogen-bond donors (Lipinski definition) is 4. The van der Waals surface area contributed by atoms with Gasteiger partial charge in [-0.25, -0.2) is 9.37 Å². The molecule has 0 saturated carbocycles. The van der Waals surface area contributed by atoms with E-state index < -0.39 is 11.7 Å². The summed E-state index contributed by atoms with van der Waals surface area (Å²) in [5, 5.41) is 6.45. The molecule has 0 spiro atoms. The Kier molecular flexibility index (Phi) is 5.85. The van der Waals surface area contributed by atoms with Crippen molar-refractivity contribution in [3.63, 3.8) is 0 Å². The number of hydrogen-bond acceptors (Lipinski definition) is 6. The Morgan fingerprint density at radius 2 is 2.00 bits per heavy atom. The zero-order chi connectivity index (χ0) is 18.4. The fraction of sp³-hybridized carbons (Fsp3) is 0.0625. The molecule has 7 nitrogen and oxygen atoms in total. The average molecular weight is 361 g/mol. The normalized spacial score (nSPS) is 11.9. The molecule has 1 aromatic heterocycles. The second kappa shape index (κ2) is 8.06. The SMILES string of the molecule is CNC(=O)c1ccc(F)c(/C(N)=C/C=C(\N)NC(=O)c2cscn2)c1. The van der Waals surface area contributed by atoms with Crippen molar-refractivity contribution in [2.75, 3.05) is 7.05 Å². The van der Waals surface area contributed by atoms with Crippen LogP contribution in [0.25, 0.3) is 5.70 Å². The van der Waals surface area contributed by atoms with Crippen LogP contribution in [0, 0.1) is 5.82 Å². The van der Waals surface area contributed by atoms with Crippen LogP contribution in [0.4, 0.5) is 4.39 Å². The second-order valence-electron chi connectivity index (χ2n) is 4.85. The van der Waals surface area contributed by atoms with Gasteiger partial charge in [-0.05, 0) is 30.4 Å². The smallest absolute Gasteiger partial charge is 0.276 e. The van der Waals surface area contributed by atoms with Crippen molar-refractivity contribution in [2.24, 2.45) is 11.5 Å². The van der Waals surface area contributed by atoms with E-state index in [1.165, 1.54) is 48.2 Å². The highest BCUT2D eigenvalue weighted by atomic mass is 32.1. The summed E-state index contributed by atoms with van der Waals surface area (Å²) in [6.45, 7) is 0. The topological polar surface area (TPSA) is 123 Å². The van der Waals surface area contributed by atoms with Crippen molar-refractivity contribution in [3.05, 3.63) is 69.7 Å². The van der Waals surface area contributed by atoms with Gasteiger partial charge in [-0.1, -0.05) is 0 Å². The molecule has 9 heteroatoms. The first kappa shape index (κ1) is 18.1. The molecule has 1 aromatic carbocycles. The monoisotopic (exact) mass is 361 g/mol. The number of amides is 2. The number of nitrogens with one attached hydrogen (secondary N) is 2. The molecular formula is C16H16FN5O2S. The third-order valence-corrected chi connectivity index (χ3v) is 3.72. The van der Waals surface area contributed by atoms with Crippen molar-refractivity contribution in [3.8, 4) is 0 Å². The lowest BCUT2D eigenvalue weighted by Crippen LogP contribution is -2.27. The van der Waals surface area contributed by atoms with Crippen LogP contribution in [0.5, 0.6) is 0 Å². The Balaban J connectivity index is 2.17. The van der Waals surface area contributed by atoms with E-state index in [1.54, 1.807) is 5.38 Å². The van der Waals surface area contributed by atoms with E-state index in [4.69, 9.17) is 11.5 Å². The van der Waals surface area contributed by atoms with E-state index in [0.717, 1.165) is 6.07 Å². The minimum absolute atomic E-state index is 0.0174. The number of halogens is 1. The summed E-state index contributed by atoms with van der Waals surface area (Å²) in [6, 6.07) is 3.83. The Morgan fingerprint density at radius 1 is 1.24 bits per heavy atom. The van der Waals surface area contributed by atoms with Gasteiger partial charge in [-0.15, -0.1) is 11.3 Å². The highest BCUT2D eigenvalue weighted by Crippen LogP contribution is 2.16. The van der Waals surface area contributed by atoms with E-state index in [2.05, 4.69) is 15.6 Å². The molecule has 130 valence electrons. The molecule has 0 bridgehead atoms. The van der Waals surface area contributed by atoms with Gasteiger partial charge in [-0.2, -0.15) is 0 Å². The molecule has 0 aliphatic carbocycles. The number of carbonyl (C=O) groups is 2. The first-order valence-corrected chi connectivity index (χ1v) is 8.01. The van der Waals surface area contributed by atoms with Gasteiger partial charge in [0, 0.05) is 29.3 Å². The van der Waals surface area contributed by atoms with Crippen molar-refractivity contribution in [1.82, 2.24) is 15.6 Å². The van der Waals surface area contributed by atoms with Crippen molar-refractivity contribution in [1.29, 1.82) is 0 Å². The number of nitrogens with zero attached hydrogens (tertiary/aromatic N) is 1. The van der Waals surface area contributed by atoms with Crippen LogP contribution in [0.3, 0.4) is 0 Å². The first-order chi connectivity index (χ1) is 11.9. The first-order valence-electron chi connectivity index (χ1n) is 7.07. The Bertz CT molecular complexity index is 846. The van der Waals surface area contributed by atoms with Gasteiger partial charge in [0.2, 0.25) is 0 Å². The van der Waals surface area contributed by atoms with E-state index in [9.17, 15) is 14.0 Å². The summed E-state index contributed by atoms with van der Waals surface area (Å²) in [6.07, 6.45) is 2.66. The van der Waals surface area contributed by atoms with Crippen LogP contribution in [-0.2, 0) is 0 Å². The van der Waals surface area contributed by atoms with Gasteiger partial charge in [0.15, 0.2) is 0 Å². The standard InChI is InChI=1S/C16H16FN5O2S/c1-20-15(23)9-2-3-11(17)10(6-9)12(18)4-5-14(19)22-16(24)13-7-25-8-21-13/h2-8H,18-19H2,1H3,(H,20,23)(H,22,24)/b12-4-,14-5+. The van der Waals surface area contributed by atoms with Crippen molar-refractivity contribution >= 4 is 28.8 Å². The van der Waals surface area contributed by atoms with Crippen LogP contribution in [0.15, 0.2) is 47.1 Å². The summed E-state index contributed by atoms with van der Waals surface area (Å²) in [5.74, 6) is -1.39. The number of nitrogens with two attached hydrogens (primary N) is 2. The van der Waals surface area contributed by atoms with E-state index in [0.29, 0.717) is 0 Å². The summed E-state index contributed by atoms with van der Waals surface area (Å²) in [4.78, 5) is 27.3. The van der Waals surface area contributed by atoms with Crippen LogP contribution >= 0.6 is 11.3 Å². The molecule has 2 amide bonds. The molecule has 6 N–H and O–H groups in total. The summed E-state index contributed by atoms with van der Waals surface area (Å²) >= 11 is 1.28. The molecule has 0 radical (unpaired) electrons. The summed E-state index contributed by atoms with van der Waals surface area (Å²) in [5.41, 5.74) is 13.7. The van der Waals surface area contributed by atoms with E-state index in [1.807, 2.05) is 0 Å². The number of thiazole rings is 1. The summed E-state index contributed by atoms with van der Waals surface area (Å²) in [7, 11) is 1.47. The molecule has 0 aliphatic heterocycles. The third-order valence-electron chi connectivity index (χ3n) is 3.13. The maximum atomic E-state index is 13.9. The van der Waals surface area contributed by atoms with Gasteiger partial charge in [0.05, 0.1) is 5.51 Å². The van der Waals surface area contributed by atoms with E-state index >= 15 is 0 Å². The molecule has 2 aromatic rings. The molecule has 0 saturated heterocycles. The molecule has 0 aliphatic rings. The minimum Gasteiger partial charge on any atom is -0.398 e. The fourth-order valence-corrected chi connectivity index (χ4v) is 2.39. The molecule has 0 unspecified atom stereocenters. The number of benzene rings is 1. The quantitative estimate of drug-likeness (QED) is 0.595. The van der Waals surface area contributed by atoms with Gasteiger partial charge < -0.3 is 22.1 Å². The van der Waals surface area contributed by atoms with Crippen LogP contribution < -0.4 is 22.1 Å². The maximum absolute atomic E-state index is 13.9. The Hall–Kier alpha value is -3.20. The zero-order valence-electron chi connectivity index (χ0n) is 13.2. The van der Waals surface area contributed by atoms with Crippen LogP contribution in [0.1, 0.15) is 26.4 Å². The highest BCUT2D eigenvalue weighted by Gasteiger charge is 2.10. The Labute approximate surface area is 147 Å². The lowest BCUT2D eigenvalue weighted by Gasteiger charge is -2.07. The number of aromatic nitrogens is 1. The van der Waals surface area contributed by atoms with Crippen LogP contribution in [-0.4, -0.2) is 23.8 Å². The predicted molar refractivity (Wildman–Crippen MR) is 93.8 cm³/mol. The van der Waals surface area contributed by atoms with Crippen molar-refractivity contribution < 1.29 is 14.0 Å². The Morgan fingerprint density at radius 3 is 2.64 bits per heavy atom. The third kappa shape index (κ3) is 4.64. The van der Waals surface area contributed by atoms with Gasteiger partial charge >= 0.3 is 0 Å². The van der Waals surface area contributed by atoms with Gasteiger partial charge in [0.1, 0.15) is 17.3 Å². The lowest BCUT2D eigenvalue weighted by atomic mass is 10.1. The number of allylic oxidation sites excluding steroid dienone is 2. The molecule has 25 heavy (non-hydrogen) atoms. The zero-order valence-corrected chi connectivity index (χ0v) is 14.1. The largest absolute Gasteiger partial charge is 0.398 e. The van der Waals surface area contributed by atoms with E-state index in [-0.39, 0.29) is 34.2 Å². The minimum atomic E-state index is -0.583. The number of carbonyl (C=O) groups excluding carboxylic acids is 2. The molecule has 1 heterocycles. The molecule has 0 atom stereocenters. The average Bonchev–Trinajstić information content (AvgIpc) is 3.14. The lowest BCUT2D eigenvalue weighted by molar-refractivity contribution is 0.0954. The highest BCUT2D eigenvalue weighted by molar-refractivity contribution is 7.07. The molecular weight excluding hydrogens is 345 g/mol. The second-order valence-corrected chi connectivity index (χ2v) is 5.56. The fourth-order valence-electron chi connectivity index (χ4n) is 1.86. The van der Waals surface area contributed by atoms with Gasteiger partial charge in [-0.3, -0.25) is 9.59 Å². The van der Waals surface area contributed by atoms with Gasteiger partial charge in [0.25, 0.3) is 11.8 Å². The molecule has 0 fully saturated rings. The van der Waals surface area contributed by atoms with Crippen LogP contribution in [0.2, 0.25) is 0 Å². The predicted octanol–water partition coefficient (Wildman–Crippen LogP) is 1.17. The van der Waals surface area contributed by atoms with Crippen molar-refractivity contribution in [2.45, 2.75) is 0 Å². The maximum Gasteiger partial charge on any atom is 0.276 e. The molecule has 2 rings (SSSR count). The summed E-state index contributed by atoms with van der Waals surface area (Å²) < 4.78 is 13.9.